The highest BCUT2D eigenvalue weighted by Crippen LogP contribution is 2.22. The van der Waals surface area contributed by atoms with E-state index < -0.39 is 0 Å². The summed E-state index contributed by atoms with van der Waals surface area (Å²) >= 11 is 1.83. The number of hydrogen-bond donors (Lipinski definition) is 1. The highest BCUT2D eigenvalue weighted by molar-refractivity contribution is 7.97. The van der Waals surface area contributed by atoms with Gasteiger partial charge in [0.25, 0.3) is 0 Å². The van der Waals surface area contributed by atoms with Gasteiger partial charge in [0.15, 0.2) is 0 Å². The molecule has 3 rings (SSSR count). The van der Waals surface area contributed by atoms with Crippen LogP contribution in [0.25, 0.3) is 0 Å². The maximum atomic E-state index is 6.03. The zero-order valence-corrected chi connectivity index (χ0v) is 14.6. The van der Waals surface area contributed by atoms with Crippen molar-refractivity contribution in [2.75, 3.05) is 10.7 Å². The number of benzene rings is 1. The van der Waals surface area contributed by atoms with E-state index >= 15 is 0 Å². The van der Waals surface area contributed by atoms with Crippen LogP contribution in [0.5, 0.6) is 0 Å². The Labute approximate surface area is 141 Å². The van der Waals surface area contributed by atoms with Crippen LogP contribution in [-0.2, 0) is 11.5 Å². The fraction of sp³-hybridized carbons (Fsp3) is 0.529. The molecule has 2 atom stereocenters. The van der Waals surface area contributed by atoms with Crippen LogP contribution in [0.4, 0.5) is 5.88 Å². The van der Waals surface area contributed by atoms with Crippen molar-refractivity contribution in [3.05, 3.63) is 41.6 Å². The van der Waals surface area contributed by atoms with Gasteiger partial charge in [0.05, 0.1) is 22.6 Å². The number of piperidine rings is 1. The van der Waals surface area contributed by atoms with Gasteiger partial charge in [-0.05, 0) is 38.7 Å². The molecule has 1 aromatic heterocycles. The molecule has 2 aromatic rings. The molecule has 6 heteroatoms. The second-order valence-corrected chi connectivity index (χ2v) is 7.25. The van der Waals surface area contributed by atoms with Gasteiger partial charge >= 0.3 is 11.6 Å². The van der Waals surface area contributed by atoms with Crippen LogP contribution in [0.1, 0.15) is 44.4 Å². The molecule has 1 aliphatic rings. The molecule has 1 aromatic carbocycles. The summed E-state index contributed by atoms with van der Waals surface area (Å²) in [5.74, 6) is 2.17. The molecule has 0 spiro atoms. The van der Waals surface area contributed by atoms with E-state index in [9.17, 15) is 0 Å². The molecule has 1 fully saturated rings. The van der Waals surface area contributed by atoms with Crippen LogP contribution in [-0.4, -0.2) is 17.4 Å². The molecule has 1 saturated heterocycles. The minimum absolute atomic E-state index is 0.426. The Morgan fingerprint density at radius 1 is 1.22 bits per heavy atom. The fourth-order valence-electron chi connectivity index (χ4n) is 3.21. The quantitative estimate of drug-likeness (QED) is 0.853. The molecule has 2 N–H and O–H groups in total. The van der Waals surface area contributed by atoms with E-state index in [1.54, 1.807) is 0 Å². The van der Waals surface area contributed by atoms with Gasteiger partial charge in [0.1, 0.15) is 0 Å². The van der Waals surface area contributed by atoms with Gasteiger partial charge in [-0.2, -0.15) is 0 Å². The Kier molecular flexibility index (Phi) is 5.10. The van der Waals surface area contributed by atoms with E-state index in [4.69, 9.17) is 10.3 Å². The van der Waals surface area contributed by atoms with Gasteiger partial charge in [0.2, 0.25) is 5.27 Å². The Bertz CT molecular complexity index is 621. The number of hydrogen-bond acceptors (Lipinski definition) is 5. The van der Waals surface area contributed by atoms with Gasteiger partial charge in [-0.1, -0.05) is 30.3 Å². The molecule has 0 radical (unpaired) electrons. The molecule has 0 amide bonds. The van der Waals surface area contributed by atoms with Crippen molar-refractivity contribution >= 4 is 17.6 Å². The average molecular weight is 333 g/mol. The third-order valence-electron chi connectivity index (χ3n) is 4.46. The zero-order chi connectivity index (χ0) is 16.2. The Morgan fingerprint density at radius 3 is 2.61 bits per heavy atom. The average Bonchev–Trinajstić information content (AvgIpc) is 2.90. The second kappa shape index (κ2) is 7.25. The smallest absolute Gasteiger partial charge is 0.317 e. The third-order valence-corrected chi connectivity index (χ3v) is 5.47. The molecule has 1 aliphatic heterocycles. The number of nitrogens with two attached hydrogens (primary N) is 1. The van der Waals surface area contributed by atoms with Crippen molar-refractivity contribution in [2.45, 2.75) is 56.7 Å². The topological polar surface area (TPSA) is 59.2 Å². The number of thioether (sulfide) groups is 1. The molecular weight excluding hydrogens is 308 g/mol. The lowest BCUT2D eigenvalue weighted by molar-refractivity contribution is -0.771. The van der Waals surface area contributed by atoms with Gasteiger partial charge < -0.3 is 5.73 Å². The van der Waals surface area contributed by atoms with Crippen LogP contribution in [0.3, 0.4) is 0 Å². The summed E-state index contributed by atoms with van der Waals surface area (Å²) in [6, 6.07) is 11.4. The third kappa shape index (κ3) is 3.63. The SMILES string of the molecule is CC1CCCC(C)N1[n+]1noc(N)c1CSCc1ccccc1. The van der Waals surface area contributed by atoms with E-state index in [0.717, 1.165) is 17.2 Å². The minimum atomic E-state index is 0.426. The molecule has 124 valence electrons. The molecule has 5 nitrogen and oxygen atoms in total. The maximum absolute atomic E-state index is 6.03. The van der Waals surface area contributed by atoms with E-state index in [0.29, 0.717) is 18.0 Å². The van der Waals surface area contributed by atoms with Crippen molar-refractivity contribution in [3.63, 3.8) is 0 Å². The van der Waals surface area contributed by atoms with Crippen molar-refractivity contribution in [1.29, 1.82) is 0 Å². The van der Waals surface area contributed by atoms with E-state index in [1.165, 1.54) is 24.8 Å². The summed E-state index contributed by atoms with van der Waals surface area (Å²) in [6.07, 6.45) is 3.63. The number of rotatable bonds is 5. The largest absolute Gasteiger partial charge is 0.362 e. The van der Waals surface area contributed by atoms with Crippen molar-refractivity contribution in [3.8, 4) is 0 Å². The van der Waals surface area contributed by atoms with Gasteiger partial charge in [0, 0.05) is 5.75 Å². The molecule has 23 heavy (non-hydrogen) atoms. The van der Waals surface area contributed by atoms with Gasteiger partial charge in [-0.25, -0.2) is 0 Å². The Morgan fingerprint density at radius 2 is 1.91 bits per heavy atom. The van der Waals surface area contributed by atoms with Crippen molar-refractivity contribution in [1.82, 2.24) is 5.27 Å². The van der Waals surface area contributed by atoms with Crippen LogP contribution in [0, 0.1) is 0 Å². The minimum Gasteiger partial charge on any atom is -0.362 e. The Balaban J connectivity index is 1.71. The summed E-state index contributed by atoms with van der Waals surface area (Å²) in [5.41, 5.74) is 8.31. The summed E-state index contributed by atoms with van der Waals surface area (Å²) in [5, 5.41) is 6.50. The lowest BCUT2D eigenvalue weighted by Gasteiger charge is -2.32. The van der Waals surface area contributed by atoms with E-state index in [1.807, 2.05) is 22.6 Å². The number of nitrogen functional groups attached to an aromatic ring is 1. The summed E-state index contributed by atoms with van der Waals surface area (Å²) < 4.78 is 5.28. The molecular formula is C17H25N4OS+. The number of anilines is 1. The molecule has 2 unspecified atom stereocenters. The lowest BCUT2D eigenvalue weighted by atomic mass is 10.00. The summed E-state index contributed by atoms with van der Waals surface area (Å²) in [4.78, 5) is 1.90. The first-order valence-electron chi connectivity index (χ1n) is 8.23. The maximum Gasteiger partial charge on any atom is 0.317 e. The molecule has 0 aliphatic carbocycles. The highest BCUT2D eigenvalue weighted by atomic mass is 32.2. The van der Waals surface area contributed by atoms with Crippen molar-refractivity contribution < 1.29 is 9.31 Å². The standard InChI is InChI=1S/C17H25N4OS/c1-13-7-6-8-14(2)20(13)21-16(17(18)22-19-21)12-23-11-15-9-4-3-5-10-15/h3-5,9-10,13-14H,6-8,11-12,18H2,1-2H3/q+1. The van der Waals surface area contributed by atoms with Gasteiger partial charge in [-0.3, -0.25) is 4.52 Å². The first-order valence-corrected chi connectivity index (χ1v) is 9.39. The monoisotopic (exact) mass is 333 g/mol. The summed E-state index contributed by atoms with van der Waals surface area (Å²) in [6.45, 7) is 4.49. The van der Waals surface area contributed by atoms with Crippen LogP contribution in [0.2, 0.25) is 0 Å². The van der Waals surface area contributed by atoms with Crippen LogP contribution >= 0.6 is 11.8 Å². The summed E-state index contributed by atoms with van der Waals surface area (Å²) in [7, 11) is 0. The van der Waals surface area contributed by atoms with E-state index in [2.05, 4.69) is 48.4 Å². The highest BCUT2D eigenvalue weighted by Gasteiger charge is 2.37. The van der Waals surface area contributed by atoms with E-state index in [-0.39, 0.29) is 0 Å². The predicted molar refractivity (Wildman–Crippen MR) is 93.5 cm³/mol. The zero-order valence-electron chi connectivity index (χ0n) is 13.8. The molecule has 2 heterocycles. The van der Waals surface area contributed by atoms with Gasteiger partial charge in [-0.15, -0.1) is 16.8 Å². The number of nitrogens with zero attached hydrogens (tertiary/aromatic N) is 3. The van der Waals surface area contributed by atoms with Crippen molar-refractivity contribution in [2.24, 2.45) is 0 Å². The van der Waals surface area contributed by atoms with Crippen LogP contribution in [0.15, 0.2) is 34.9 Å². The second-order valence-electron chi connectivity index (χ2n) is 6.26. The first kappa shape index (κ1) is 16.2. The Hall–Kier alpha value is -1.69. The normalized spacial score (nSPS) is 21.6. The molecule has 0 saturated carbocycles. The first-order chi connectivity index (χ1) is 11.2. The molecule has 0 bridgehead atoms. The number of aromatic nitrogens is 2. The fourth-order valence-corrected chi connectivity index (χ4v) is 4.20. The predicted octanol–water partition coefficient (Wildman–Crippen LogP) is 2.88. The lowest BCUT2D eigenvalue weighted by Crippen LogP contribution is -2.69. The van der Waals surface area contributed by atoms with Crippen LogP contribution < -0.4 is 15.5 Å².